The van der Waals surface area contributed by atoms with Gasteiger partial charge in [-0.3, -0.25) is 9.89 Å². The predicted molar refractivity (Wildman–Crippen MR) is 109 cm³/mol. The molecule has 0 saturated carbocycles. The molecule has 0 radical (unpaired) electrons. The number of aromatic amines is 2. The van der Waals surface area contributed by atoms with E-state index in [1.54, 1.807) is 19.0 Å². The molecular weight excluding hydrogens is 338 g/mol. The zero-order chi connectivity index (χ0) is 19.1. The molecule has 2 N–H and O–H groups in total. The van der Waals surface area contributed by atoms with Crippen molar-refractivity contribution < 1.29 is 4.79 Å². The van der Waals surface area contributed by atoms with Gasteiger partial charge in [0, 0.05) is 42.5 Å². The van der Waals surface area contributed by atoms with Crippen LogP contribution >= 0.6 is 0 Å². The number of carbonyl (C=O) groups excluding carboxylic acids is 1. The summed E-state index contributed by atoms with van der Waals surface area (Å²) in [5.41, 5.74) is 5.68. The lowest BCUT2D eigenvalue weighted by atomic mass is 10.1. The average molecular weight is 361 g/mol. The van der Waals surface area contributed by atoms with Crippen LogP contribution in [-0.2, 0) is 6.54 Å². The van der Waals surface area contributed by atoms with Crippen LogP contribution in [0.25, 0.3) is 33.2 Å². The lowest BCUT2D eigenvalue weighted by Gasteiger charge is -2.09. The SMILES string of the molecule is CN(C)Cc1ccc2[nH]c(-c3n[nH]c4cc(C(=O)N(C)C)ccc34)cc2c1. The monoisotopic (exact) mass is 361 g/mol. The van der Waals surface area contributed by atoms with Crippen molar-refractivity contribution in [3.8, 4) is 11.4 Å². The molecule has 0 unspecified atom stereocenters. The van der Waals surface area contributed by atoms with Gasteiger partial charge in [-0.15, -0.1) is 0 Å². The van der Waals surface area contributed by atoms with Gasteiger partial charge in [-0.05, 0) is 56.1 Å². The molecule has 1 amide bonds. The number of aromatic nitrogens is 3. The Morgan fingerprint density at radius 1 is 1.00 bits per heavy atom. The highest BCUT2D eigenvalue weighted by atomic mass is 16.2. The van der Waals surface area contributed by atoms with Crippen LogP contribution in [0, 0.1) is 0 Å². The van der Waals surface area contributed by atoms with E-state index in [9.17, 15) is 4.79 Å². The number of hydrogen-bond acceptors (Lipinski definition) is 3. The molecule has 2 heterocycles. The number of amides is 1. The van der Waals surface area contributed by atoms with Crippen molar-refractivity contribution in [1.82, 2.24) is 25.0 Å². The minimum absolute atomic E-state index is 0.0212. The summed E-state index contributed by atoms with van der Waals surface area (Å²) in [6.07, 6.45) is 0. The number of rotatable bonds is 4. The highest BCUT2D eigenvalue weighted by Gasteiger charge is 2.14. The fraction of sp³-hybridized carbons (Fsp3) is 0.238. The standard InChI is InChI=1S/C21H23N5O/c1-25(2)12-13-5-8-17-15(9-13)11-19(22-17)20-16-7-6-14(21(27)26(3)4)10-18(16)23-24-20/h5-11,22H,12H2,1-4H3,(H,23,24). The minimum Gasteiger partial charge on any atom is -0.353 e. The van der Waals surface area contributed by atoms with E-state index in [4.69, 9.17) is 0 Å². The van der Waals surface area contributed by atoms with Gasteiger partial charge in [0.1, 0.15) is 5.69 Å². The topological polar surface area (TPSA) is 68.0 Å². The molecule has 6 nitrogen and oxygen atoms in total. The summed E-state index contributed by atoms with van der Waals surface area (Å²) >= 11 is 0. The maximum absolute atomic E-state index is 12.2. The first-order valence-electron chi connectivity index (χ1n) is 8.89. The second-order valence-electron chi connectivity index (χ2n) is 7.37. The smallest absolute Gasteiger partial charge is 0.253 e. The lowest BCUT2D eigenvalue weighted by Crippen LogP contribution is -2.21. The molecular formula is C21H23N5O. The van der Waals surface area contributed by atoms with Crippen molar-refractivity contribution in [3.05, 3.63) is 53.6 Å². The molecule has 27 heavy (non-hydrogen) atoms. The van der Waals surface area contributed by atoms with Gasteiger partial charge < -0.3 is 14.8 Å². The first-order valence-corrected chi connectivity index (χ1v) is 8.89. The maximum Gasteiger partial charge on any atom is 0.253 e. The first-order chi connectivity index (χ1) is 12.9. The Balaban J connectivity index is 1.74. The number of H-pyrrole nitrogens is 2. The Morgan fingerprint density at radius 2 is 1.81 bits per heavy atom. The Hall–Kier alpha value is -3.12. The van der Waals surface area contributed by atoms with Crippen LogP contribution in [0.1, 0.15) is 15.9 Å². The molecule has 0 spiro atoms. The Labute approximate surface area is 157 Å². The van der Waals surface area contributed by atoms with E-state index in [2.05, 4.69) is 58.4 Å². The molecule has 138 valence electrons. The van der Waals surface area contributed by atoms with E-state index in [1.165, 1.54) is 10.9 Å². The summed E-state index contributed by atoms with van der Waals surface area (Å²) in [5, 5.41) is 9.70. The molecule has 4 aromatic rings. The van der Waals surface area contributed by atoms with Gasteiger partial charge in [-0.1, -0.05) is 6.07 Å². The van der Waals surface area contributed by atoms with Gasteiger partial charge in [0.05, 0.1) is 11.2 Å². The minimum atomic E-state index is -0.0212. The molecule has 0 bridgehead atoms. The zero-order valence-corrected chi connectivity index (χ0v) is 16.0. The normalized spacial score (nSPS) is 11.6. The van der Waals surface area contributed by atoms with Crippen molar-refractivity contribution >= 4 is 27.7 Å². The Kier molecular flexibility index (Phi) is 4.20. The number of hydrogen-bond donors (Lipinski definition) is 2. The van der Waals surface area contributed by atoms with E-state index >= 15 is 0 Å². The molecule has 0 aliphatic rings. The van der Waals surface area contributed by atoms with Crippen LogP contribution < -0.4 is 0 Å². The van der Waals surface area contributed by atoms with Gasteiger partial charge >= 0.3 is 0 Å². The number of nitrogens with zero attached hydrogens (tertiary/aromatic N) is 3. The van der Waals surface area contributed by atoms with Crippen molar-refractivity contribution in [2.24, 2.45) is 0 Å². The summed E-state index contributed by atoms with van der Waals surface area (Å²) in [4.78, 5) is 19.4. The fourth-order valence-electron chi connectivity index (χ4n) is 3.39. The molecule has 2 aromatic heterocycles. The Morgan fingerprint density at radius 3 is 2.56 bits per heavy atom. The molecule has 2 aromatic carbocycles. The summed E-state index contributed by atoms with van der Waals surface area (Å²) in [6.45, 7) is 0.907. The predicted octanol–water partition coefficient (Wildman–Crippen LogP) is 3.47. The van der Waals surface area contributed by atoms with Gasteiger partial charge in [0.25, 0.3) is 5.91 Å². The summed E-state index contributed by atoms with van der Waals surface area (Å²) < 4.78 is 0. The van der Waals surface area contributed by atoms with Crippen LogP contribution in [0.5, 0.6) is 0 Å². The van der Waals surface area contributed by atoms with E-state index in [0.717, 1.165) is 34.4 Å². The number of benzene rings is 2. The second-order valence-corrected chi connectivity index (χ2v) is 7.37. The summed E-state index contributed by atoms with van der Waals surface area (Å²) in [6, 6.07) is 14.2. The third-order valence-corrected chi connectivity index (χ3v) is 4.66. The second kappa shape index (κ2) is 6.55. The zero-order valence-electron chi connectivity index (χ0n) is 16.0. The van der Waals surface area contributed by atoms with Gasteiger partial charge in [-0.2, -0.15) is 5.10 Å². The van der Waals surface area contributed by atoms with Gasteiger partial charge in [0.2, 0.25) is 0 Å². The Bertz CT molecular complexity index is 1140. The van der Waals surface area contributed by atoms with Crippen molar-refractivity contribution in [1.29, 1.82) is 0 Å². The average Bonchev–Trinajstić information content (AvgIpc) is 3.22. The van der Waals surface area contributed by atoms with E-state index in [1.807, 2.05) is 18.2 Å². The fourth-order valence-corrected chi connectivity index (χ4v) is 3.39. The van der Waals surface area contributed by atoms with Gasteiger partial charge in [-0.25, -0.2) is 0 Å². The van der Waals surface area contributed by atoms with Crippen molar-refractivity contribution in [2.75, 3.05) is 28.2 Å². The largest absolute Gasteiger partial charge is 0.353 e. The molecule has 0 aliphatic heterocycles. The molecule has 6 heteroatoms. The van der Waals surface area contributed by atoms with E-state index < -0.39 is 0 Å². The van der Waals surface area contributed by atoms with Crippen LogP contribution in [-0.4, -0.2) is 59.1 Å². The lowest BCUT2D eigenvalue weighted by molar-refractivity contribution is 0.0827. The number of fused-ring (bicyclic) bond motifs is 2. The molecule has 0 saturated heterocycles. The first kappa shape index (κ1) is 17.3. The van der Waals surface area contributed by atoms with E-state index in [-0.39, 0.29) is 5.91 Å². The quantitative estimate of drug-likeness (QED) is 0.585. The van der Waals surface area contributed by atoms with E-state index in [0.29, 0.717) is 5.56 Å². The number of nitrogens with one attached hydrogen (secondary N) is 2. The molecule has 4 rings (SSSR count). The maximum atomic E-state index is 12.2. The summed E-state index contributed by atoms with van der Waals surface area (Å²) in [5.74, 6) is -0.0212. The molecule has 0 atom stereocenters. The third kappa shape index (κ3) is 3.19. The molecule has 0 fully saturated rings. The highest BCUT2D eigenvalue weighted by Crippen LogP contribution is 2.29. The van der Waals surface area contributed by atoms with Crippen LogP contribution in [0.2, 0.25) is 0 Å². The van der Waals surface area contributed by atoms with Crippen LogP contribution in [0.4, 0.5) is 0 Å². The van der Waals surface area contributed by atoms with Crippen LogP contribution in [0.15, 0.2) is 42.5 Å². The third-order valence-electron chi connectivity index (χ3n) is 4.66. The highest BCUT2D eigenvalue weighted by molar-refractivity contribution is 6.01. The van der Waals surface area contributed by atoms with Crippen LogP contribution in [0.3, 0.4) is 0 Å². The summed E-state index contributed by atoms with van der Waals surface area (Å²) in [7, 11) is 7.63. The molecule has 0 aliphatic carbocycles. The van der Waals surface area contributed by atoms with Crippen molar-refractivity contribution in [2.45, 2.75) is 6.54 Å². The number of carbonyl (C=O) groups is 1. The van der Waals surface area contributed by atoms with Crippen molar-refractivity contribution in [3.63, 3.8) is 0 Å². The van der Waals surface area contributed by atoms with Gasteiger partial charge in [0.15, 0.2) is 0 Å².